The number of amides is 2. The van der Waals surface area contributed by atoms with E-state index in [1.54, 1.807) is 0 Å². The van der Waals surface area contributed by atoms with Crippen molar-refractivity contribution in [1.82, 2.24) is 10.7 Å². The average Bonchev–Trinajstić information content (AvgIpc) is 2.57. The Labute approximate surface area is 156 Å². The minimum absolute atomic E-state index is 0.0419. The molecule has 0 spiro atoms. The van der Waals surface area contributed by atoms with Gasteiger partial charge in [0.05, 0.1) is 28.4 Å². The van der Waals surface area contributed by atoms with Gasteiger partial charge in [-0.15, -0.1) is 0 Å². The molecule has 5 nitrogen and oxygen atoms in total. The second kappa shape index (κ2) is 8.29. The monoisotopic (exact) mass is 405 g/mol. The van der Waals surface area contributed by atoms with Gasteiger partial charge in [0.2, 0.25) is 0 Å². The summed E-state index contributed by atoms with van der Waals surface area (Å²) in [5.74, 6) is -1.26. The molecular weight excluding hydrogens is 394 g/mol. The summed E-state index contributed by atoms with van der Waals surface area (Å²) in [7, 11) is 0. The molecule has 3 N–H and O–H groups in total. The summed E-state index contributed by atoms with van der Waals surface area (Å²) in [5.41, 5.74) is 3.85. The number of rotatable bonds is 5. The second-order valence-electron chi connectivity index (χ2n) is 5.06. The van der Waals surface area contributed by atoms with Gasteiger partial charge in [-0.1, -0.05) is 29.3 Å². The highest BCUT2D eigenvalue weighted by Crippen LogP contribution is 2.30. The van der Waals surface area contributed by atoms with Crippen LogP contribution in [-0.2, 0) is 11.0 Å². The molecule has 0 unspecified atom stereocenters. The lowest BCUT2D eigenvalue weighted by Crippen LogP contribution is -2.39. The van der Waals surface area contributed by atoms with Gasteiger partial charge in [-0.05, 0) is 36.4 Å². The predicted molar refractivity (Wildman–Crippen MR) is 92.0 cm³/mol. The van der Waals surface area contributed by atoms with Crippen LogP contribution in [0.1, 0.15) is 15.9 Å². The van der Waals surface area contributed by atoms with Gasteiger partial charge in [-0.2, -0.15) is 13.2 Å². The number of anilines is 1. The van der Waals surface area contributed by atoms with Gasteiger partial charge < -0.3 is 5.32 Å². The van der Waals surface area contributed by atoms with Gasteiger partial charge in [0.15, 0.2) is 0 Å². The standard InChI is InChI=1S/C16H12Cl2F3N3O2/c17-10-4-5-12(13(18)7-10)15(26)22-8-14(25)24-23-11-3-1-2-9(6-11)16(19,20)21/h1-7,23H,8H2,(H,22,26)(H,24,25). The molecule has 0 fully saturated rings. The van der Waals surface area contributed by atoms with Gasteiger partial charge in [-0.25, -0.2) is 0 Å². The van der Waals surface area contributed by atoms with E-state index in [9.17, 15) is 22.8 Å². The van der Waals surface area contributed by atoms with E-state index in [1.165, 1.54) is 30.3 Å². The SMILES string of the molecule is O=C(CNC(=O)c1ccc(Cl)cc1Cl)NNc1cccc(C(F)(F)F)c1. The largest absolute Gasteiger partial charge is 0.416 e. The maximum Gasteiger partial charge on any atom is 0.416 e. The van der Waals surface area contributed by atoms with Crippen LogP contribution in [-0.4, -0.2) is 18.4 Å². The number of alkyl halides is 3. The summed E-state index contributed by atoms with van der Waals surface area (Å²) in [5, 5.41) is 2.81. The van der Waals surface area contributed by atoms with Crippen molar-refractivity contribution in [2.45, 2.75) is 6.18 Å². The number of benzene rings is 2. The van der Waals surface area contributed by atoms with Crippen LogP contribution in [0.4, 0.5) is 18.9 Å². The lowest BCUT2D eigenvalue weighted by Gasteiger charge is -2.12. The molecule has 138 valence electrons. The minimum Gasteiger partial charge on any atom is -0.343 e. The van der Waals surface area contributed by atoms with Crippen LogP contribution in [0, 0.1) is 0 Å². The van der Waals surface area contributed by atoms with E-state index in [0.29, 0.717) is 5.02 Å². The van der Waals surface area contributed by atoms with E-state index in [1.807, 2.05) is 0 Å². The zero-order valence-electron chi connectivity index (χ0n) is 13.0. The van der Waals surface area contributed by atoms with Crippen molar-refractivity contribution in [3.8, 4) is 0 Å². The summed E-state index contributed by atoms with van der Waals surface area (Å²) in [4.78, 5) is 23.7. The molecule has 10 heteroatoms. The van der Waals surface area contributed by atoms with E-state index in [4.69, 9.17) is 23.2 Å². The Bertz CT molecular complexity index is 829. The number of hydrazine groups is 1. The van der Waals surface area contributed by atoms with Crippen LogP contribution < -0.4 is 16.2 Å². The number of carbonyl (C=O) groups is 2. The molecule has 0 saturated heterocycles. The molecule has 2 aromatic carbocycles. The van der Waals surface area contributed by atoms with Crippen LogP contribution >= 0.6 is 23.2 Å². The van der Waals surface area contributed by atoms with Crippen molar-refractivity contribution in [1.29, 1.82) is 0 Å². The molecule has 26 heavy (non-hydrogen) atoms. The highest BCUT2D eigenvalue weighted by Gasteiger charge is 2.30. The minimum atomic E-state index is -4.49. The summed E-state index contributed by atoms with van der Waals surface area (Å²) in [6, 6.07) is 8.54. The smallest absolute Gasteiger partial charge is 0.343 e. The summed E-state index contributed by atoms with van der Waals surface area (Å²) in [6.07, 6.45) is -4.49. The number of hydrogen-bond acceptors (Lipinski definition) is 3. The van der Waals surface area contributed by atoms with Crippen molar-refractivity contribution < 1.29 is 22.8 Å². The molecule has 0 bridgehead atoms. The maximum atomic E-state index is 12.6. The summed E-state index contributed by atoms with van der Waals surface area (Å²) < 4.78 is 37.8. The molecule has 0 heterocycles. The number of nitrogens with one attached hydrogen (secondary N) is 3. The molecule has 2 rings (SSSR count). The first-order valence-electron chi connectivity index (χ1n) is 7.12. The Morgan fingerprint density at radius 3 is 2.42 bits per heavy atom. The van der Waals surface area contributed by atoms with Gasteiger partial charge in [0.1, 0.15) is 0 Å². The molecular formula is C16H12Cl2F3N3O2. The van der Waals surface area contributed by atoms with E-state index >= 15 is 0 Å². The summed E-state index contributed by atoms with van der Waals surface area (Å²) in [6.45, 7) is -0.413. The highest BCUT2D eigenvalue weighted by molar-refractivity contribution is 6.36. The van der Waals surface area contributed by atoms with Gasteiger partial charge >= 0.3 is 6.18 Å². The topological polar surface area (TPSA) is 70.2 Å². The van der Waals surface area contributed by atoms with Crippen molar-refractivity contribution in [2.24, 2.45) is 0 Å². The number of hydrogen-bond donors (Lipinski definition) is 3. The third kappa shape index (κ3) is 5.53. The highest BCUT2D eigenvalue weighted by atomic mass is 35.5. The zero-order chi connectivity index (χ0) is 19.3. The fourth-order valence-electron chi connectivity index (χ4n) is 1.89. The van der Waals surface area contributed by atoms with Crippen LogP contribution in [0.25, 0.3) is 0 Å². The van der Waals surface area contributed by atoms with Crippen molar-refractivity contribution in [3.05, 3.63) is 63.6 Å². The van der Waals surface area contributed by atoms with Crippen molar-refractivity contribution >= 4 is 40.7 Å². The van der Waals surface area contributed by atoms with Crippen LogP contribution in [0.2, 0.25) is 10.0 Å². The molecule has 0 radical (unpaired) electrons. The van der Waals surface area contributed by atoms with E-state index in [0.717, 1.165) is 12.1 Å². The van der Waals surface area contributed by atoms with E-state index in [2.05, 4.69) is 16.2 Å². The van der Waals surface area contributed by atoms with E-state index < -0.39 is 30.1 Å². The lowest BCUT2D eigenvalue weighted by atomic mass is 10.2. The molecule has 0 saturated carbocycles. The Hall–Kier alpha value is -2.45. The van der Waals surface area contributed by atoms with Gasteiger partial charge in [0.25, 0.3) is 11.8 Å². The molecule has 0 aromatic heterocycles. The first-order valence-corrected chi connectivity index (χ1v) is 7.88. The zero-order valence-corrected chi connectivity index (χ0v) is 14.5. The molecule has 0 atom stereocenters. The number of halogens is 5. The average molecular weight is 406 g/mol. The first-order chi connectivity index (χ1) is 12.2. The second-order valence-corrected chi connectivity index (χ2v) is 5.90. The lowest BCUT2D eigenvalue weighted by molar-refractivity contribution is -0.137. The first kappa shape index (κ1) is 19.9. The summed E-state index contributed by atoms with van der Waals surface area (Å²) >= 11 is 11.6. The van der Waals surface area contributed by atoms with Crippen molar-refractivity contribution in [3.63, 3.8) is 0 Å². The molecule has 0 aliphatic carbocycles. The van der Waals surface area contributed by atoms with Crippen molar-refractivity contribution in [2.75, 3.05) is 12.0 Å². The Morgan fingerprint density at radius 1 is 1.04 bits per heavy atom. The Morgan fingerprint density at radius 2 is 1.77 bits per heavy atom. The number of carbonyl (C=O) groups excluding carboxylic acids is 2. The van der Waals surface area contributed by atoms with Crippen LogP contribution in [0.5, 0.6) is 0 Å². The Balaban J connectivity index is 1.87. The quantitative estimate of drug-likeness (QED) is 0.661. The fourth-order valence-corrected chi connectivity index (χ4v) is 2.38. The van der Waals surface area contributed by atoms with Gasteiger partial charge in [-0.3, -0.25) is 20.4 Å². The fraction of sp³-hybridized carbons (Fsp3) is 0.125. The molecule has 0 aliphatic heterocycles. The third-order valence-corrected chi connectivity index (χ3v) is 3.67. The van der Waals surface area contributed by atoms with E-state index in [-0.39, 0.29) is 16.3 Å². The van der Waals surface area contributed by atoms with Crippen LogP contribution in [0.15, 0.2) is 42.5 Å². The van der Waals surface area contributed by atoms with Gasteiger partial charge in [0, 0.05) is 5.02 Å². The maximum absolute atomic E-state index is 12.6. The normalized spacial score (nSPS) is 11.0. The molecule has 2 amide bonds. The van der Waals surface area contributed by atoms with Crippen LogP contribution in [0.3, 0.4) is 0 Å². The molecule has 0 aliphatic rings. The Kier molecular flexibility index (Phi) is 6.33. The molecule has 2 aromatic rings. The third-order valence-electron chi connectivity index (χ3n) is 3.12. The predicted octanol–water partition coefficient (Wildman–Crippen LogP) is 3.89.